The van der Waals surface area contributed by atoms with E-state index in [0.29, 0.717) is 0 Å². The molecule has 0 aromatic carbocycles. The first-order valence-corrected chi connectivity index (χ1v) is 6.19. The van der Waals surface area contributed by atoms with Crippen LogP contribution in [-0.4, -0.2) is 36.7 Å². The molecule has 1 aromatic heterocycles. The molecule has 2 N–H and O–H groups in total. The average molecular weight is 235 g/mol. The van der Waals surface area contributed by atoms with Gasteiger partial charge in [-0.2, -0.15) is 0 Å². The number of anilines is 1. The Hall–Kier alpha value is -1.13. The van der Waals surface area contributed by atoms with Gasteiger partial charge in [0.1, 0.15) is 0 Å². The number of rotatable bonds is 4. The zero-order valence-corrected chi connectivity index (χ0v) is 10.4. The lowest BCUT2D eigenvalue weighted by atomic mass is 9.98. The van der Waals surface area contributed by atoms with Gasteiger partial charge in [-0.25, -0.2) is 0 Å². The van der Waals surface area contributed by atoms with E-state index in [9.17, 15) is 0 Å². The molecule has 0 radical (unpaired) electrons. The molecule has 17 heavy (non-hydrogen) atoms. The Labute approximate surface area is 103 Å². The number of aromatic nitrogens is 1. The molecule has 2 rings (SSSR count). The zero-order chi connectivity index (χ0) is 12.1. The molecule has 1 fully saturated rings. The molecule has 0 atom stereocenters. The van der Waals surface area contributed by atoms with Crippen LogP contribution in [0.15, 0.2) is 18.3 Å². The van der Waals surface area contributed by atoms with Gasteiger partial charge in [-0.3, -0.25) is 9.88 Å². The van der Waals surface area contributed by atoms with Gasteiger partial charge in [-0.15, -0.1) is 0 Å². The number of hydrogen-bond donors (Lipinski definition) is 1. The molecule has 1 saturated heterocycles. The van der Waals surface area contributed by atoms with Crippen molar-refractivity contribution < 1.29 is 4.74 Å². The molecule has 0 spiro atoms. The maximum Gasteiger partial charge on any atom is 0.0545 e. The molecule has 0 bridgehead atoms. The highest BCUT2D eigenvalue weighted by molar-refractivity contribution is 5.34. The first-order chi connectivity index (χ1) is 8.28. The summed E-state index contributed by atoms with van der Waals surface area (Å²) in [6, 6.07) is 3.93. The third-order valence-corrected chi connectivity index (χ3v) is 3.34. The number of likely N-dealkylation sites (tertiary alicyclic amines) is 1. The summed E-state index contributed by atoms with van der Waals surface area (Å²) in [5.41, 5.74) is 7.45. The first kappa shape index (κ1) is 12.3. The molecular formula is C13H21N3O. The number of piperidine rings is 1. The summed E-state index contributed by atoms with van der Waals surface area (Å²) in [5.74, 6) is 0.732. The van der Waals surface area contributed by atoms with E-state index >= 15 is 0 Å². The van der Waals surface area contributed by atoms with E-state index < -0.39 is 0 Å². The summed E-state index contributed by atoms with van der Waals surface area (Å²) >= 11 is 0. The number of nitrogen functional groups attached to an aromatic ring is 1. The number of nitrogens with two attached hydrogens (primary N) is 1. The standard InChI is InChI=1S/C13H21N3O/c1-17-10-11-4-6-16(7-5-11)9-13-3-2-12(14)8-15-13/h2-3,8,11H,4-7,9-10,14H2,1H3. The molecule has 1 aromatic rings. The van der Waals surface area contributed by atoms with Gasteiger partial charge in [-0.1, -0.05) is 0 Å². The van der Waals surface area contributed by atoms with Gasteiger partial charge >= 0.3 is 0 Å². The summed E-state index contributed by atoms with van der Waals surface area (Å²) in [6.07, 6.45) is 4.18. The highest BCUT2D eigenvalue weighted by atomic mass is 16.5. The fraction of sp³-hybridized carbons (Fsp3) is 0.615. The number of nitrogens with zero attached hydrogens (tertiary/aromatic N) is 2. The predicted molar refractivity (Wildman–Crippen MR) is 68.5 cm³/mol. The van der Waals surface area contributed by atoms with Crippen LogP contribution in [-0.2, 0) is 11.3 Å². The highest BCUT2D eigenvalue weighted by Crippen LogP contribution is 2.18. The van der Waals surface area contributed by atoms with Gasteiger partial charge in [0.2, 0.25) is 0 Å². The lowest BCUT2D eigenvalue weighted by Crippen LogP contribution is -2.34. The van der Waals surface area contributed by atoms with Crippen molar-refractivity contribution in [1.29, 1.82) is 0 Å². The summed E-state index contributed by atoms with van der Waals surface area (Å²) < 4.78 is 5.20. The van der Waals surface area contributed by atoms with Gasteiger partial charge in [0.25, 0.3) is 0 Å². The van der Waals surface area contributed by atoms with Crippen molar-refractivity contribution in [1.82, 2.24) is 9.88 Å². The topological polar surface area (TPSA) is 51.4 Å². The van der Waals surface area contributed by atoms with Crippen LogP contribution in [0.2, 0.25) is 0 Å². The monoisotopic (exact) mass is 235 g/mol. The van der Waals surface area contributed by atoms with E-state index in [1.807, 2.05) is 12.1 Å². The van der Waals surface area contributed by atoms with Crippen molar-refractivity contribution in [3.63, 3.8) is 0 Å². The minimum Gasteiger partial charge on any atom is -0.397 e. The normalized spacial score (nSPS) is 18.4. The Bertz CT molecular complexity index is 331. The summed E-state index contributed by atoms with van der Waals surface area (Å²) in [5, 5.41) is 0. The molecule has 1 aliphatic rings. The zero-order valence-electron chi connectivity index (χ0n) is 10.4. The van der Waals surface area contributed by atoms with Crippen LogP contribution in [0.3, 0.4) is 0 Å². The van der Waals surface area contributed by atoms with Crippen LogP contribution in [0.4, 0.5) is 5.69 Å². The fourth-order valence-corrected chi connectivity index (χ4v) is 2.31. The maximum absolute atomic E-state index is 5.62. The molecule has 0 amide bonds. The molecule has 0 aliphatic carbocycles. The van der Waals surface area contributed by atoms with E-state index in [4.69, 9.17) is 10.5 Å². The molecule has 0 unspecified atom stereocenters. The Morgan fingerprint density at radius 3 is 2.76 bits per heavy atom. The highest BCUT2D eigenvalue weighted by Gasteiger charge is 2.19. The van der Waals surface area contributed by atoms with Crippen molar-refractivity contribution in [3.05, 3.63) is 24.0 Å². The fourth-order valence-electron chi connectivity index (χ4n) is 2.31. The summed E-state index contributed by atoms with van der Waals surface area (Å²) in [4.78, 5) is 6.79. The number of methoxy groups -OCH3 is 1. The second-order valence-corrected chi connectivity index (χ2v) is 4.76. The summed E-state index contributed by atoms with van der Waals surface area (Å²) in [6.45, 7) is 4.11. The van der Waals surface area contributed by atoms with Crippen LogP contribution < -0.4 is 5.73 Å². The number of hydrogen-bond acceptors (Lipinski definition) is 4. The Kier molecular flexibility index (Phi) is 4.34. The molecule has 1 aliphatic heterocycles. The summed E-state index contributed by atoms with van der Waals surface area (Å²) in [7, 11) is 1.78. The van der Waals surface area contributed by atoms with E-state index in [1.165, 1.54) is 12.8 Å². The van der Waals surface area contributed by atoms with Gasteiger partial charge < -0.3 is 10.5 Å². The second kappa shape index (κ2) is 5.98. The Morgan fingerprint density at radius 2 is 2.18 bits per heavy atom. The number of pyridine rings is 1. The molecule has 94 valence electrons. The second-order valence-electron chi connectivity index (χ2n) is 4.76. The van der Waals surface area contributed by atoms with Gasteiger partial charge in [-0.05, 0) is 44.0 Å². The molecule has 4 nitrogen and oxygen atoms in total. The SMILES string of the molecule is COCC1CCN(Cc2ccc(N)cn2)CC1. The lowest BCUT2D eigenvalue weighted by molar-refractivity contribution is 0.0963. The molecular weight excluding hydrogens is 214 g/mol. The third kappa shape index (κ3) is 3.68. The van der Waals surface area contributed by atoms with E-state index in [0.717, 1.165) is 43.5 Å². The van der Waals surface area contributed by atoms with Crippen LogP contribution >= 0.6 is 0 Å². The Balaban J connectivity index is 1.79. The number of ether oxygens (including phenoxy) is 1. The molecule has 2 heterocycles. The van der Waals surface area contributed by atoms with Crippen molar-refractivity contribution in [3.8, 4) is 0 Å². The van der Waals surface area contributed by atoms with E-state index in [1.54, 1.807) is 13.3 Å². The minimum absolute atomic E-state index is 0.729. The van der Waals surface area contributed by atoms with E-state index in [2.05, 4.69) is 9.88 Å². The van der Waals surface area contributed by atoms with E-state index in [-0.39, 0.29) is 0 Å². The van der Waals surface area contributed by atoms with Crippen molar-refractivity contribution in [2.75, 3.05) is 32.5 Å². The Morgan fingerprint density at radius 1 is 1.41 bits per heavy atom. The van der Waals surface area contributed by atoms with Crippen molar-refractivity contribution in [2.45, 2.75) is 19.4 Å². The minimum atomic E-state index is 0.729. The first-order valence-electron chi connectivity index (χ1n) is 6.19. The third-order valence-electron chi connectivity index (χ3n) is 3.34. The largest absolute Gasteiger partial charge is 0.397 e. The predicted octanol–water partition coefficient (Wildman–Crippen LogP) is 1.52. The maximum atomic E-state index is 5.62. The average Bonchev–Trinajstić information content (AvgIpc) is 2.35. The smallest absolute Gasteiger partial charge is 0.0545 e. The lowest BCUT2D eigenvalue weighted by Gasteiger charge is -2.31. The van der Waals surface area contributed by atoms with Gasteiger partial charge in [0.05, 0.1) is 17.6 Å². The van der Waals surface area contributed by atoms with Crippen LogP contribution in [0.5, 0.6) is 0 Å². The van der Waals surface area contributed by atoms with Crippen molar-refractivity contribution >= 4 is 5.69 Å². The quantitative estimate of drug-likeness (QED) is 0.859. The van der Waals surface area contributed by atoms with Crippen LogP contribution in [0.25, 0.3) is 0 Å². The molecule has 0 saturated carbocycles. The van der Waals surface area contributed by atoms with Gasteiger partial charge in [0.15, 0.2) is 0 Å². The molecule has 4 heteroatoms. The van der Waals surface area contributed by atoms with Gasteiger partial charge in [0, 0.05) is 20.3 Å². The van der Waals surface area contributed by atoms with Crippen LogP contribution in [0.1, 0.15) is 18.5 Å². The van der Waals surface area contributed by atoms with Crippen molar-refractivity contribution in [2.24, 2.45) is 5.92 Å². The van der Waals surface area contributed by atoms with Crippen LogP contribution in [0, 0.1) is 5.92 Å².